The Hall–Kier alpha value is -2.82. The Labute approximate surface area is 207 Å². The number of carbonyl (C=O) groups excluding carboxylic acids is 3. The van der Waals surface area contributed by atoms with Crippen molar-refractivity contribution < 1.29 is 34.8 Å². The largest absolute Gasteiger partial charge is 0.508 e. The van der Waals surface area contributed by atoms with Gasteiger partial charge in [0, 0.05) is 23.2 Å². The van der Waals surface area contributed by atoms with Crippen LogP contribution in [0.4, 0.5) is 0 Å². The molecule has 0 bridgehead atoms. The summed E-state index contributed by atoms with van der Waals surface area (Å²) in [4.78, 5) is 40.7. The van der Waals surface area contributed by atoms with E-state index in [2.05, 4.69) is 6.92 Å². The summed E-state index contributed by atoms with van der Waals surface area (Å²) in [5, 5.41) is 44.4. The first-order chi connectivity index (χ1) is 16.5. The minimum absolute atomic E-state index is 0.0821. The van der Waals surface area contributed by atoms with E-state index in [9.17, 15) is 34.8 Å². The normalized spacial score (nSPS) is 30.3. The molecule has 1 aromatic rings. The van der Waals surface area contributed by atoms with Gasteiger partial charge in [0.1, 0.15) is 22.8 Å². The average molecular weight is 503 g/mol. The molecule has 1 amide bonds. The number of Topliss-reactive ketones (excluding diaryl/α,β-unsaturated/α-hetero) is 2. The molecule has 6 N–H and O–H groups in total. The Morgan fingerprint density at radius 3 is 2.51 bits per heavy atom. The molecule has 4 rings (SSSR count). The van der Waals surface area contributed by atoms with Crippen LogP contribution in [0.3, 0.4) is 0 Å². The fourth-order valence-electron chi connectivity index (χ4n) is 5.90. The van der Waals surface area contributed by atoms with Crippen LogP contribution in [0.2, 0.25) is 0 Å². The number of phenols is 1. The first-order valence-electron chi connectivity index (χ1n) is 11.5. The average Bonchev–Trinajstić information content (AvgIpc) is 2.77. The Balaban J connectivity index is 1.97. The van der Waals surface area contributed by atoms with E-state index in [4.69, 9.17) is 5.73 Å². The van der Waals surface area contributed by atoms with E-state index in [-0.39, 0.29) is 29.2 Å². The standard InChI is InChI=1S/C25H30N2O7S/c1-4-8-35-10-13-11-6-5-7-15(28)16(11)20(29)17-12(13)9-14-19(27(2)3)21(30)18(24(26)33)23(32)25(14,34)22(17)31/h5-7,12-14,19,28-29,32,34H,4,8-10H2,1-3H3,(H2,26,33). The number of rotatable bonds is 6. The van der Waals surface area contributed by atoms with Gasteiger partial charge < -0.3 is 26.2 Å². The van der Waals surface area contributed by atoms with Gasteiger partial charge in [-0.05, 0) is 50.2 Å². The summed E-state index contributed by atoms with van der Waals surface area (Å²) in [7, 11) is 3.17. The van der Waals surface area contributed by atoms with Crippen molar-refractivity contribution in [1.82, 2.24) is 4.90 Å². The van der Waals surface area contributed by atoms with Crippen LogP contribution in [0.15, 0.2) is 35.1 Å². The van der Waals surface area contributed by atoms with Crippen molar-refractivity contribution in [3.8, 4) is 5.75 Å². The van der Waals surface area contributed by atoms with Crippen LogP contribution in [0.25, 0.3) is 5.76 Å². The van der Waals surface area contributed by atoms with Gasteiger partial charge in [-0.3, -0.25) is 19.3 Å². The maximum atomic E-state index is 13.9. The number of aliphatic hydroxyl groups excluding tert-OH is 2. The van der Waals surface area contributed by atoms with E-state index >= 15 is 0 Å². The Kier molecular flexibility index (Phi) is 6.50. The van der Waals surface area contributed by atoms with Crippen molar-refractivity contribution in [3.63, 3.8) is 0 Å². The smallest absolute Gasteiger partial charge is 0.255 e. The van der Waals surface area contributed by atoms with E-state index in [1.54, 1.807) is 38.0 Å². The molecule has 0 radical (unpaired) electrons. The fourth-order valence-corrected chi connectivity index (χ4v) is 7.02. The fraction of sp³-hybridized carbons (Fsp3) is 0.480. The van der Waals surface area contributed by atoms with Crippen LogP contribution in [0.5, 0.6) is 5.75 Å². The second kappa shape index (κ2) is 9.00. The topological polar surface area (TPSA) is 161 Å². The van der Waals surface area contributed by atoms with E-state index < -0.39 is 58.0 Å². The highest BCUT2D eigenvalue weighted by atomic mass is 32.2. The number of ketones is 2. The van der Waals surface area contributed by atoms with E-state index in [1.807, 2.05) is 0 Å². The molecule has 5 unspecified atom stereocenters. The molecule has 1 fully saturated rings. The molecule has 9 nitrogen and oxygen atoms in total. The summed E-state index contributed by atoms with van der Waals surface area (Å²) < 4.78 is 0. The molecule has 3 aliphatic carbocycles. The number of nitrogens with zero attached hydrogens (tertiary/aromatic N) is 1. The number of primary amides is 1. The maximum absolute atomic E-state index is 13.9. The number of phenolic OH excluding ortho intramolecular Hbond substituents is 1. The number of aromatic hydroxyl groups is 1. The number of hydrogen-bond acceptors (Lipinski definition) is 9. The van der Waals surface area contributed by atoms with Crippen molar-refractivity contribution in [1.29, 1.82) is 0 Å². The van der Waals surface area contributed by atoms with Gasteiger partial charge >= 0.3 is 0 Å². The molecule has 188 valence electrons. The molecule has 35 heavy (non-hydrogen) atoms. The lowest BCUT2D eigenvalue weighted by Crippen LogP contribution is -2.66. The third-order valence-electron chi connectivity index (χ3n) is 7.40. The first-order valence-corrected chi connectivity index (χ1v) is 12.7. The summed E-state index contributed by atoms with van der Waals surface area (Å²) in [6, 6.07) is 3.77. The Morgan fingerprint density at radius 2 is 1.91 bits per heavy atom. The van der Waals surface area contributed by atoms with Crippen LogP contribution >= 0.6 is 11.8 Å². The SMILES string of the molecule is CCCSCC1c2cccc(O)c2C(O)=C2C(=O)C3(O)C(O)=C(C(N)=O)C(=O)C(N(C)C)C3CC21. The van der Waals surface area contributed by atoms with Crippen LogP contribution in [-0.4, -0.2) is 80.0 Å². The van der Waals surface area contributed by atoms with Gasteiger partial charge in [0.05, 0.1) is 11.6 Å². The monoisotopic (exact) mass is 502 g/mol. The number of aliphatic hydroxyl groups is 3. The van der Waals surface area contributed by atoms with Crippen LogP contribution in [-0.2, 0) is 14.4 Å². The highest BCUT2D eigenvalue weighted by Crippen LogP contribution is 2.56. The van der Waals surface area contributed by atoms with Crippen LogP contribution in [0.1, 0.15) is 36.8 Å². The number of amides is 1. The minimum atomic E-state index is -2.63. The highest BCUT2D eigenvalue weighted by molar-refractivity contribution is 7.99. The van der Waals surface area contributed by atoms with Crippen molar-refractivity contribution in [2.45, 2.75) is 37.3 Å². The molecular weight excluding hydrogens is 472 g/mol. The van der Waals surface area contributed by atoms with Crippen molar-refractivity contribution in [2.24, 2.45) is 17.6 Å². The molecule has 0 aromatic heterocycles. The lowest BCUT2D eigenvalue weighted by atomic mass is 9.55. The molecule has 1 saturated carbocycles. The van der Waals surface area contributed by atoms with Crippen LogP contribution in [0, 0.1) is 11.8 Å². The quantitative estimate of drug-likeness (QED) is 0.288. The number of thioether (sulfide) groups is 1. The molecule has 0 spiro atoms. The van der Waals surface area contributed by atoms with Crippen LogP contribution < -0.4 is 5.73 Å². The summed E-state index contributed by atoms with van der Waals surface area (Å²) in [5.41, 5.74) is 2.58. The summed E-state index contributed by atoms with van der Waals surface area (Å²) in [5.74, 6) is -5.27. The maximum Gasteiger partial charge on any atom is 0.255 e. The zero-order valence-corrected chi connectivity index (χ0v) is 20.6. The second-order valence-corrected chi connectivity index (χ2v) is 10.7. The minimum Gasteiger partial charge on any atom is -0.508 e. The number of fused-ring (bicyclic) bond motifs is 3. The predicted molar refractivity (Wildman–Crippen MR) is 131 cm³/mol. The van der Waals surface area contributed by atoms with Gasteiger partial charge in [-0.1, -0.05) is 19.1 Å². The number of hydrogen-bond donors (Lipinski definition) is 5. The van der Waals surface area contributed by atoms with E-state index in [0.717, 1.165) is 12.2 Å². The lowest BCUT2D eigenvalue weighted by molar-refractivity contribution is -0.154. The zero-order chi connectivity index (χ0) is 25.8. The van der Waals surface area contributed by atoms with Gasteiger partial charge in [-0.15, -0.1) is 0 Å². The third-order valence-corrected chi connectivity index (χ3v) is 8.69. The number of carbonyl (C=O) groups is 3. The van der Waals surface area contributed by atoms with Gasteiger partial charge in [0.15, 0.2) is 11.4 Å². The number of benzene rings is 1. The van der Waals surface area contributed by atoms with E-state index in [0.29, 0.717) is 11.3 Å². The highest BCUT2D eigenvalue weighted by Gasteiger charge is 2.65. The van der Waals surface area contributed by atoms with Gasteiger partial charge in [0.2, 0.25) is 5.78 Å². The Morgan fingerprint density at radius 1 is 1.23 bits per heavy atom. The van der Waals surface area contributed by atoms with Gasteiger partial charge in [0.25, 0.3) is 5.91 Å². The van der Waals surface area contributed by atoms with E-state index in [1.165, 1.54) is 11.0 Å². The summed E-state index contributed by atoms with van der Waals surface area (Å²) in [6.07, 6.45) is 1.02. The molecule has 5 atom stereocenters. The molecular formula is C25H30N2O7S. The molecule has 0 saturated heterocycles. The zero-order valence-electron chi connectivity index (χ0n) is 19.8. The molecule has 1 aromatic carbocycles. The second-order valence-electron chi connectivity index (χ2n) is 9.59. The first kappa shape index (κ1) is 25.3. The summed E-state index contributed by atoms with van der Waals surface area (Å²) in [6.45, 7) is 2.05. The number of likely N-dealkylation sites (N-methyl/N-ethyl adjacent to an activating group) is 1. The molecule has 0 aliphatic heterocycles. The van der Waals surface area contributed by atoms with Crippen molar-refractivity contribution in [3.05, 3.63) is 46.2 Å². The summed E-state index contributed by atoms with van der Waals surface area (Å²) >= 11 is 1.67. The van der Waals surface area contributed by atoms with Crippen molar-refractivity contribution in [2.75, 3.05) is 25.6 Å². The molecule has 3 aliphatic rings. The molecule has 10 heteroatoms. The predicted octanol–water partition coefficient (Wildman–Crippen LogP) is 1.65. The molecule has 0 heterocycles. The van der Waals surface area contributed by atoms with Crippen molar-refractivity contribution >= 4 is 35.0 Å². The Bertz CT molecular complexity index is 1170. The third kappa shape index (κ3) is 3.57. The lowest BCUT2D eigenvalue weighted by Gasteiger charge is -2.51. The van der Waals surface area contributed by atoms with Gasteiger partial charge in [-0.2, -0.15) is 11.8 Å². The number of nitrogens with two attached hydrogens (primary N) is 1. The van der Waals surface area contributed by atoms with Gasteiger partial charge in [-0.25, -0.2) is 0 Å².